The normalized spacial score (nSPS) is 11.6. The molecule has 2 nitrogen and oxygen atoms in total. The fourth-order valence-corrected chi connectivity index (χ4v) is 4.11. The van der Waals surface area contributed by atoms with Crippen LogP contribution in [0.5, 0.6) is 0 Å². The number of hydrogen-bond acceptors (Lipinski definition) is 1. The second-order valence-electron chi connectivity index (χ2n) is 7.02. The molecule has 0 radical (unpaired) electrons. The summed E-state index contributed by atoms with van der Waals surface area (Å²) in [5.74, 6) is -0.370. The van der Waals surface area contributed by atoms with Crippen molar-refractivity contribution in [1.82, 2.24) is 4.57 Å². The third-order valence-electron chi connectivity index (χ3n) is 5.17. The van der Waals surface area contributed by atoms with Crippen molar-refractivity contribution < 1.29 is 4.39 Å². The highest BCUT2D eigenvalue weighted by molar-refractivity contribution is 6.35. The maximum absolute atomic E-state index is 13.7. The molecule has 5 heteroatoms. The molecule has 1 heterocycles. The molecular weight excluding hydrogens is 418 g/mol. The van der Waals surface area contributed by atoms with Crippen molar-refractivity contribution in [2.24, 2.45) is 0 Å². The number of nitrogens with zero attached hydrogens (tertiary/aromatic N) is 2. The van der Waals surface area contributed by atoms with Gasteiger partial charge in [-0.25, -0.2) is 4.39 Å². The van der Waals surface area contributed by atoms with Gasteiger partial charge in [-0.3, -0.25) is 0 Å². The third kappa shape index (κ3) is 3.85. The predicted octanol–water partition coefficient (Wildman–Crippen LogP) is 7.51. The number of aromatic nitrogens is 1. The molecule has 0 aliphatic rings. The van der Waals surface area contributed by atoms with Crippen LogP contribution in [0, 0.1) is 24.1 Å². The zero-order chi connectivity index (χ0) is 21.3. The molecule has 0 unspecified atom stereocenters. The molecule has 0 saturated heterocycles. The summed E-state index contributed by atoms with van der Waals surface area (Å²) in [6, 6.07) is 21.8. The Kier molecular flexibility index (Phi) is 5.63. The van der Waals surface area contributed by atoms with Gasteiger partial charge >= 0.3 is 0 Å². The minimum atomic E-state index is -0.370. The van der Waals surface area contributed by atoms with Crippen molar-refractivity contribution in [3.63, 3.8) is 0 Å². The Morgan fingerprint density at radius 3 is 2.60 bits per heavy atom. The maximum Gasteiger partial charge on any atom is 0.123 e. The summed E-state index contributed by atoms with van der Waals surface area (Å²) in [6.07, 6.45) is 1.83. The SMILES string of the molecule is Cc1c(/C=C(/C#N)c2cccc(F)c2)c2ccccc2n1Cc1ccc(Cl)cc1Cl. The Morgan fingerprint density at radius 1 is 1.07 bits per heavy atom. The molecule has 148 valence electrons. The van der Waals surface area contributed by atoms with Gasteiger partial charge in [0.15, 0.2) is 0 Å². The number of allylic oxidation sites excluding steroid dienone is 1. The molecule has 0 fully saturated rings. The molecular formula is C25H17Cl2FN2. The molecule has 3 aromatic carbocycles. The molecule has 4 rings (SSSR count). The van der Waals surface area contributed by atoms with Gasteiger partial charge in [-0.1, -0.05) is 59.6 Å². The minimum absolute atomic E-state index is 0.370. The Balaban J connectivity index is 1.87. The molecule has 0 aliphatic heterocycles. The summed E-state index contributed by atoms with van der Waals surface area (Å²) in [5, 5.41) is 11.9. The molecule has 0 saturated carbocycles. The summed E-state index contributed by atoms with van der Waals surface area (Å²) in [6.45, 7) is 2.58. The molecule has 0 aliphatic carbocycles. The first kappa shape index (κ1) is 20.2. The highest BCUT2D eigenvalue weighted by Crippen LogP contribution is 2.32. The Hall–Kier alpha value is -3.06. The number of benzene rings is 3. The van der Waals surface area contributed by atoms with Crippen LogP contribution in [-0.2, 0) is 6.54 Å². The molecule has 4 aromatic rings. The summed E-state index contributed by atoms with van der Waals surface area (Å²) in [4.78, 5) is 0. The van der Waals surface area contributed by atoms with Crippen LogP contribution >= 0.6 is 23.2 Å². The standard InChI is InChI=1S/C25H17Cl2FN2/c1-16-23(12-19(14-29)17-5-4-6-21(28)11-17)22-7-2-3-8-25(22)30(16)15-18-9-10-20(26)13-24(18)27/h2-13H,15H2,1H3/b19-12-. The van der Waals surface area contributed by atoms with Crippen LogP contribution in [-0.4, -0.2) is 4.57 Å². The van der Waals surface area contributed by atoms with E-state index in [0.717, 1.165) is 27.7 Å². The average molecular weight is 435 g/mol. The van der Waals surface area contributed by atoms with Crippen molar-refractivity contribution in [3.05, 3.63) is 105 Å². The predicted molar refractivity (Wildman–Crippen MR) is 122 cm³/mol. The van der Waals surface area contributed by atoms with E-state index in [1.54, 1.807) is 18.2 Å². The van der Waals surface area contributed by atoms with Crippen LogP contribution in [0.2, 0.25) is 10.0 Å². The van der Waals surface area contributed by atoms with Crippen LogP contribution in [0.3, 0.4) is 0 Å². The molecule has 1 aromatic heterocycles. The molecule has 0 atom stereocenters. The number of halogens is 3. The van der Waals surface area contributed by atoms with Gasteiger partial charge in [0.05, 0.1) is 11.6 Å². The number of nitriles is 1. The number of para-hydroxylation sites is 1. The monoisotopic (exact) mass is 434 g/mol. The maximum atomic E-state index is 13.7. The molecule has 0 spiro atoms. The van der Waals surface area contributed by atoms with Crippen molar-refractivity contribution >= 4 is 45.8 Å². The molecule has 0 amide bonds. The van der Waals surface area contributed by atoms with Gasteiger partial charge in [0, 0.05) is 38.8 Å². The summed E-state index contributed by atoms with van der Waals surface area (Å²) < 4.78 is 15.8. The smallest absolute Gasteiger partial charge is 0.123 e. The van der Waals surface area contributed by atoms with Gasteiger partial charge < -0.3 is 4.57 Å². The zero-order valence-corrected chi connectivity index (χ0v) is 17.7. The second-order valence-corrected chi connectivity index (χ2v) is 7.86. The lowest BCUT2D eigenvalue weighted by molar-refractivity contribution is 0.627. The molecule has 30 heavy (non-hydrogen) atoms. The van der Waals surface area contributed by atoms with Gasteiger partial charge in [-0.15, -0.1) is 0 Å². The van der Waals surface area contributed by atoms with Crippen molar-refractivity contribution in [2.45, 2.75) is 13.5 Å². The number of hydrogen-bond donors (Lipinski definition) is 0. The van der Waals surface area contributed by atoms with E-state index in [4.69, 9.17) is 23.2 Å². The van der Waals surface area contributed by atoms with Gasteiger partial charge in [0.25, 0.3) is 0 Å². The minimum Gasteiger partial charge on any atom is -0.340 e. The van der Waals surface area contributed by atoms with Crippen molar-refractivity contribution in [1.29, 1.82) is 5.26 Å². The van der Waals surface area contributed by atoms with E-state index in [1.807, 2.05) is 49.4 Å². The highest BCUT2D eigenvalue weighted by Gasteiger charge is 2.15. The van der Waals surface area contributed by atoms with Gasteiger partial charge in [-0.05, 0) is 54.5 Å². The fraction of sp³-hybridized carbons (Fsp3) is 0.0800. The lowest BCUT2D eigenvalue weighted by atomic mass is 10.0. The van der Waals surface area contributed by atoms with Crippen LogP contribution in [0.1, 0.15) is 22.4 Å². The molecule has 0 bridgehead atoms. The Bertz CT molecular complexity index is 1330. The quantitative estimate of drug-likeness (QED) is 0.305. The number of rotatable bonds is 4. The first-order valence-electron chi connectivity index (χ1n) is 9.37. The van der Waals surface area contributed by atoms with E-state index in [2.05, 4.69) is 10.6 Å². The van der Waals surface area contributed by atoms with Crippen LogP contribution in [0.4, 0.5) is 4.39 Å². The van der Waals surface area contributed by atoms with Crippen molar-refractivity contribution in [2.75, 3.05) is 0 Å². The highest BCUT2D eigenvalue weighted by atomic mass is 35.5. The van der Waals surface area contributed by atoms with Crippen LogP contribution in [0.25, 0.3) is 22.6 Å². The van der Waals surface area contributed by atoms with E-state index < -0.39 is 0 Å². The summed E-state index contributed by atoms with van der Waals surface area (Å²) in [5.41, 5.74) is 4.86. The lowest BCUT2D eigenvalue weighted by Gasteiger charge is -2.11. The van der Waals surface area contributed by atoms with Crippen LogP contribution in [0.15, 0.2) is 66.7 Å². The van der Waals surface area contributed by atoms with Gasteiger partial charge in [0.2, 0.25) is 0 Å². The first-order valence-corrected chi connectivity index (χ1v) is 10.1. The summed E-state index contributed by atoms with van der Waals surface area (Å²) >= 11 is 12.4. The van der Waals surface area contributed by atoms with E-state index in [0.29, 0.717) is 27.7 Å². The van der Waals surface area contributed by atoms with Gasteiger partial charge in [-0.2, -0.15) is 5.26 Å². The molecule has 0 N–H and O–H groups in total. The second kappa shape index (κ2) is 8.36. The van der Waals surface area contributed by atoms with Crippen molar-refractivity contribution in [3.8, 4) is 6.07 Å². The lowest BCUT2D eigenvalue weighted by Crippen LogP contribution is -2.02. The Labute approximate surface area is 184 Å². The third-order valence-corrected chi connectivity index (χ3v) is 5.75. The van der Waals surface area contributed by atoms with E-state index >= 15 is 0 Å². The topological polar surface area (TPSA) is 28.7 Å². The first-order chi connectivity index (χ1) is 14.5. The number of fused-ring (bicyclic) bond motifs is 1. The van der Waals surface area contributed by atoms with Gasteiger partial charge in [0.1, 0.15) is 5.82 Å². The fourth-order valence-electron chi connectivity index (χ4n) is 3.64. The van der Waals surface area contributed by atoms with Crippen LogP contribution < -0.4 is 0 Å². The van der Waals surface area contributed by atoms with E-state index in [1.165, 1.54) is 12.1 Å². The van der Waals surface area contributed by atoms with E-state index in [9.17, 15) is 9.65 Å². The zero-order valence-electron chi connectivity index (χ0n) is 16.2. The summed E-state index contributed by atoms with van der Waals surface area (Å²) in [7, 11) is 0. The largest absolute Gasteiger partial charge is 0.340 e. The Morgan fingerprint density at radius 2 is 1.87 bits per heavy atom. The average Bonchev–Trinajstić information content (AvgIpc) is 2.99. The van der Waals surface area contributed by atoms with E-state index in [-0.39, 0.29) is 5.82 Å².